The first-order valence-corrected chi connectivity index (χ1v) is 13.2. The van der Waals surface area contributed by atoms with Crippen LogP contribution in [0.1, 0.15) is 20.7 Å². The number of nitrogens with one attached hydrogen (secondary N) is 1. The molecule has 0 saturated heterocycles. The minimum atomic E-state index is -0.385. The molecule has 4 heterocycles. The molecule has 0 unspecified atom stereocenters. The number of carbonyl (C=O) groups is 2. The van der Waals surface area contributed by atoms with Gasteiger partial charge in [0.25, 0.3) is 12.1 Å². The number of halogens is 1. The monoisotopic (exact) mass is 610 g/mol. The van der Waals surface area contributed by atoms with E-state index in [-0.39, 0.29) is 18.6 Å². The number of rotatable bonds is 3. The summed E-state index contributed by atoms with van der Waals surface area (Å²) in [4.78, 5) is 40.8. The quantitative estimate of drug-likeness (QED) is 0.104. The largest absolute Gasteiger partial charge is 0.465 e. The van der Waals surface area contributed by atoms with Gasteiger partial charge < -0.3 is 19.3 Å². The van der Waals surface area contributed by atoms with E-state index in [1.807, 2.05) is 28.8 Å². The predicted octanol–water partition coefficient (Wildman–Crippen LogP) is 6.61. The highest BCUT2D eigenvalue weighted by Gasteiger charge is 2.15. The number of ether oxygens (including phenoxy) is 2. The lowest BCUT2D eigenvalue weighted by Gasteiger charge is -2.01. The van der Waals surface area contributed by atoms with Gasteiger partial charge in [0.1, 0.15) is 0 Å². The maximum atomic E-state index is 11.6. The molecule has 0 amide bonds. The summed E-state index contributed by atoms with van der Waals surface area (Å²) < 4.78 is 11.3. The Balaban J connectivity index is 0.000000169. The van der Waals surface area contributed by atoms with Crippen molar-refractivity contribution in [1.29, 1.82) is 0 Å². The van der Waals surface area contributed by atoms with E-state index in [1.54, 1.807) is 49.1 Å². The molecule has 1 N–H and O–H groups in total. The van der Waals surface area contributed by atoms with Gasteiger partial charge in [0.15, 0.2) is 0 Å². The number of aromatic nitrogens is 4. The van der Waals surface area contributed by atoms with Gasteiger partial charge in [-0.1, -0.05) is 12.1 Å². The molecule has 0 fully saturated rings. The first-order chi connectivity index (χ1) is 20.0. The minimum Gasteiger partial charge on any atom is -0.465 e. The molecule has 0 aliphatic carbocycles. The van der Waals surface area contributed by atoms with Gasteiger partial charge in [-0.05, 0) is 36.4 Å². The van der Waals surface area contributed by atoms with E-state index in [4.69, 9.17) is 22.6 Å². The average Bonchev–Trinajstić information content (AvgIpc) is 3.55. The zero-order valence-electron chi connectivity index (χ0n) is 22.1. The average molecular weight is 611 g/mol. The van der Waals surface area contributed by atoms with Crippen LogP contribution >= 0.6 is 15.9 Å². The van der Waals surface area contributed by atoms with Crippen LogP contribution in [0.25, 0.3) is 53.3 Å². The van der Waals surface area contributed by atoms with Crippen molar-refractivity contribution in [2.75, 3.05) is 19.7 Å². The molecule has 6 aromatic rings. The normalized spacial score (nSPS) is 10.2. The van der Waals surface area contributed by atoms with E-state index in [0.29, 0.717) is 16.6 Å². The molecular weight excluding hydrogens is 588 g/mol. The van der Waals surface area contributed by atoms with Gasteiger partial charge in [-0.3, -0.25) is 19.4 Å². The highest BCUT2D eigenvalue weighted by molar-refractivity contribution is 9.09. The molecule has 6 rings (SSSR count). The van der Waals surface area contributed by atoms with Gasteiger partial charge in [-0.15, -0.1) is 0 Å². The first-order valence-electron chi connectivity index (χ1n) is 12.1. The molecule has 0 aliphatic rings. The maximum Gasteiger partial charge on any atom is 0.337 e. The Morgan fingerprint density at radius 3 is 2.00 bits per heavy atom. The molecule has 10 nitrogen and oxygen atoms in total. The lowest BCUT2D eigenvalue weighted by Crippen LogP contribution is -2.01. The predicted molar refractivity (Wildman–Crippen MR) is 161 cm³/mol. The number of methoxy groups -OCH3 is 2. The molecule has 0 aliphatic heterocycles. The Kier molecular flexibility index (Phi) is 9.25. The second kappa shape index (κ2) is 13.2. The van der Waals surface area contributed by atoms with E-state index in [2.05, 4.69) is 40.6 Å². The number of esters is 2. The van der Waals surface area contributed by atoms with Crippen LogP contribution in [0.5, 0.6) is 0 Å². The van der Waals surface area contributed by atoms with Crippen LogP contribution in [-0.4, -0.2) is 51.1 Å². The van der Waals surface area contributed by atoms with Crippen molar-refractivity contribution in [2.45, 2.75) is 6.67 Å². The number of alkyl halides is 1. The number of carbonyl (C=O) groups excluding carboxylic acids is 2. The Morgan fingerprint density at radius 1 is 0.805 bits per heavy atom. The lowest BCUT2D eigenvalue weighted by molar-refractivity contribution is 0.0592. The van der Waals surface area contributed by atoms with Gasteiger partial charge in [0.05, 0.1) is 54.3 Å². The maximum absolute atomic E-state index is 11.6. The van der Waals surface area contributed by atoms with E-state index in [1.165, 1.54) is 14.2 Å². The van der Waals surface area contributed by atoms with Crippen molar-refractivity contribution in [3.63, 3.8) is 0 Å². The summed E-state index contributed by atoms with van der Waals surface area (Å²) in [5.74, 6) is -0.715. The highest BCUT2D eigenvalue weighted by Crippen LogP contribution is 2.29. The Labute approximate surface area is 243 Å². The van der Waals surface area contributed by atoms with E-state index in [0.717, 1.165) is 43.6 Å². The summed E-state index contributed by atoms with van der Waals surface area (Å²) >= 11 is 2.89. The molecule has 204 valence electrons. The molecule has 11 heteroatoms. The Bertz CT molecular complexity index is 1970. The van der Waals surface area contributed by atoms with Gasteiger partial charge in [0, 0.05) is 55.4 Å². The van der Waals surface area contributed by atoms with Crippen LogP contribution in [0.3, 0.4) is 0 Å². The zero-order chi connectivity index (χ0) is 29.4. The third-order valence-electron chi connectivity index (χ3n) is 6.18. The summed E-state index contributed by atoms with van der Waals surface area (Å²) in [5, 5.41) is 4.20. The fraction of sp³-hybridized carbons (Fsp3) is 0.133. The molecule has 0 spiro atoms. The van der Waals surface area contributed by atoms with Crippen molar-refractivity contribution in [3.05, 3.63) is 107 Å². The number of benzene rings is 2. The van der Waals surface area contributed by atoms with Crippen molar-refractivity contribution in [3.8, 4) is 0 Å². The molecule has 4 aromatic heterocycles. The number of aromatic amines is 1. The lowest BCUT2D eigenvalue weighted by atomic mass is 10.1. The zero-order valence-corrected chi connectivity index (χ0v) is 23.7. The molecule has 2 aromatic carbocycles. The second-order valence-corrected chi connectivity index (χ2v) is 8.92. The summed E-state index contributed by atoms with van der Waals surface area (Å²) in [7, 11) is 2.73. The van der Waals surface area contributed by atoms with Gasteiger partial charge >= 0.3 is 11.9 Å². The van der Waals surface area contributed by atoms with Crippen LogP contribution in [0.15, 0.2) is 73.3 Å². The number of fused-ring (bicyclic) bond motifs is 6. The molecule has 0 radical (unpaired) electrons. The van der Waals surface area contributed by atoms with Crippen molar-refractivity contribution in [1.82, 2.24) is 19.5 Å². The van der Waals surface area contributed by atoms with Crippen LogP contribution in [0.2, 0.25) is 0 Å². The highest BCUT2D eigenvalue weighted by atomic mass is 79.9. The molecule has 0 saturated carbocycles. The van der Waals surface area contributed by atoms with Crippen LogP contribution in [0.4, 0.5) is 0 Å². The van der Waals surface area contributed by atoms with Crippen LogP contribution in [-0.2, 0) is 16.1 Å². The van der Waals surface area contributed by atoms with E-state index < -0.39 is 0 Å². The van der Waals surface area contributed by atoms with Crippen molar-refractivity contribution < 1.29 is 19.1 Å². The van der Waals surface area contributed by atoms with Gasteiger partial charge in [-0.25, -0.2) is 22.7 Å². The summed E-state index contributed by atoms with van der Waals surface area (Å²) in [6, 6.07) is 14.7. The van der Waals surface area contributed by atoms with E-state index >= 15 is 0 Å². The third kappa shape index (κ3) is 6.01. The second-order valence-electron chi connectivity index (χ2n) is 8.42. The standard InChI is InChI=1S/C15H11N3O2.C13H10N2O2.C2H2BrN/c1-16-9-18-13-7-10(15(19)20-2)3-4-11(13)12-5-6-17-8-14(12)18;1-17-13(16)8-2-3-9-10-4-5-14-7-12(10)15-11(9)6-8;1-4-2-3/h3-8H,9H2,2H3;2-7,15H,1H3;2H2. The first kappa shape index (κ1) is 28.7. The fourth-order valence-corrected chi connectivity index (χ4v) is 4.41. The number of pyridine rings is 2. The van der Waals surface area contributed by atoms with Crippen molar-refractivity contribution in [2.24, 2.45) is 0 Å². The SMILES string of the molecule is COC(=O)c1ccc2c(c1)[nH]c1cnccc12.[C-]#[N+]CBr.[C-]#[N+]Cn1c2cnccc2c2ccc(C(=O)OC)cc21. The van der Waals surface area contributed by atoms with Crippen molar-refractivity contribution >= 4 is 71.5 Å². The third-order valence-corrected chi connectivity index (χ3v) is 6.43. The summed E-state index contributed by atoms with van der Waals surface area (Å²) in [5.41, 5.74) is 5.04. The number of nitrogens with zero attached hydrogens (tertiary/aromatic N) is 5. The Morgan fingerprint density at radius 2 is 1.37 bits per heavy atom. The molecule has 0 atom stereocenters. The molecular formula is C30H23BrN6O4. The minimum absolute atomic E-state index is 0.191. The fourth-order valence-electron chi connectivity index (χ4n) is 4.41. The smallest absolute Gasteiger partial charge is 0.337 e. The molecule has 0 bridgehead atoms. The van der Waals surface area contributed by atoms with E-state index in [9.17, 15) is 9.59 Å². The van der Waals surface area contributed by atoms with Gasteiger partial charge in [0.2, 0.25) is 0 Å². The summed E-state index contributed by atoms with van der Waals surface area (Å²) in [6.07, 6.45) is 6.98. The summed E-state index contributed by atoms with van der Waals surface area (Å²) in [6.45, 7) is 13.3. The van der Waals surface area contributed by atoms with Crippen LogP contribution in [0, 0.1) is 13.1 Å². The number of H-pyrrole nitrogens is 1. The van der Waals surface area contributed by atoms with Crippen LogP contribution < -0.4 is 0 Å². The Hall–Kier alpha value is -5.26. The van der Waals surface area contributed by atoms with Gasteiger partial charge in [-0.2, -0.15) is 0 Å². The number of hydrogen-bond acceptors (Lipinski definition) is 6. The molecule has 41 heavy (non-hydrogen) atoms. The number of hydrogen-bond donors (Lipinski definition) is 1. The topological polar surface area (TPSA) is 108 Å².